The number of nitrogens with zero attached hydrogens (tertiary/aromatic N) is 2. The molecular weight excluding hydrogens is 286 g/mol. The van der Waals surface area contributed by atoms with E-state index in [1.54, 1.807) is 12.4 Å². The lowest BCUT2D eigenvalue weighted by molar-refractivity contribution is -0.136. The van der Waals surface area contributed by atoms with Gasteiger partial charge in [-0.2, -0.15) is 0 Å². The summed E-state index contributed by atoms with van der Waals surface area (Å²) in [6, 6.07) is 3.68. The van der Waals surface area contributed by atoms with Crippen molar-refractivity contribution in [2.75, 3.05) is 0 Å². The zero-order valence-corrected chi connectivity index (χ0v) is 10.4. The van der Waals surface area contributed by atoms with Gasteiger partial charge in [0.2, 0.25) is 0 Å². The fraction of sp³-hybridized carbons (Fsp3) is 0.182. The van der Waals surface area contributed by atoms with E-state index in [1.807, 2.05) is 12.1 Å². The van der Waals surface area contributed by atoms with Gasteiger partial charge in [-0.1, -0.05) is 0 Å². The first-order valence-electron chi connectivity index (χ1n) is 5.03. The van der Waals surface area contributed by atoms with E-state index in [1.165, 1.54) is 0 Å². The molecule has 0 atom stereocenters. The molecule has 0 bridgehead atoms. The first-order valence-corrected chi connectivity index (χ1v) is 5.82. The Morgan fingerprint density at radius 1 is 1.41 bits per heavy atom. The summed E-state index contributed by atoms with van der Waals surface area (Å²) in [6.07, 6.45) is 3.86. The van der Waals surface area contributed by atoms with E-state index < -0.39 is 5.97 Å². The Hall–Kier alpha value is -1.69. The third-order valence-corrected chi connectivity index (χ3v) is 2.67. The van der Waals surface area contributed by atoms with E-state index in [0.29, 0.717) is 11.2 Å². The highest BCUT2D eigenvalue weighted by molar-refractivity contribution is 9.10. The Bertz CT molecular complexity index is 525. The van der Waals surface area contributed by atoms with Crippen molar-refractivity contribution in [1.29, 1.82) is 0 Å². The van der Waals surface area contributed by atoms with Crippen LogP contribution in [0.25, 0.3) is 11.3 Å². The number of aromatic amines is 1. The molecule has 6 heteroatoms. The van der Waals surface area contributed by atoms with Gasteiger partial charge in [-0.05, 0) is 28.1 Å². The lowest BCUT2D eigenvalue weighted by atomic mass is 10.1. The molecule has 2 N–H and O–H groups in total. The van der Waals surface area contributed by atoms with Crippen molar-refractivity contribution in [2.24, 2.45) is 0 Å². The number of hydrogen-bond donors (Lipinski definition) is 2. The molecule has 0 aromatic carbocycles. The molecular formula is C11H10BrN3O2. The van der Waals surface area contributed by atoms with Gasteiger partial charge >= 0.3 is 5.97 Å². The predicted octanol–water partition coefficient (Wildman–Crippen LogP) is 2.25. The highest BCUT2D eigenvalue weighted by Crippen LogP contribution is 2.23. The molecule has 2 rings (SSSR count). The van der Waals surface area contributed by atoms with Gasteiger partial charge in [-0.15, -0.1) is 0 Å². The van der Waals surface area contributed by atoms with E-state index in [-0.39, 0.29) is 6.42 Å². The van der Waals surface area contributed by atoms with Crippen LogP contribution in [0.1, 0.15) is 12.1 Å². The summed E-state index contributed by atoms with van der Waals surface area (Å²) < 4.78 is 0.602. The molecule has 88 valence electrons. The number of imidazole rings is 1. The van der Waals surface area contributed by atoms with E-state index in [9.17, 15) is 4.79 Å². The number of aromatic nitrogens is 3. The number of carboxylic acid groups (broad SMARTS) is 1. The average molecular weight is 296 g/mol. The number of H-pyrrole nitrogens is 1. The number of pyridine rings is 1. The second-order valence-electron chi connectivity index (χ2n) is 3.48. The fourth-order valence-corrected chi connectivity index (χ4v) is 1.96. The smallest absolute Gasteiger partial charge is 0.303 e. The second-order valence-corrected chi connectivity index (χ2v) is 4.24. The van der Waals surface area contributed by atoms with Crippen molar-refractivity contribution in [2.45, 2.75) is 12.8 Å². The molecule has 0 saturated heterocycles. The van der Waals surface area contributed by atoms with Gasteiger partial charge < -0.3 is 10.1 Å². The summed E-state index contributed by atoms with van der Waals surface area (Å²) in [5.41, 5.74) is 2.49. The highest BCUT2D eigenvalue weighted by Gasteiger charge is 2.12. The molecule has 0 aliphatic heterocycles. The van der Waals surface area contributed by atoms with Crippen LogP contribution in [0.4, 0.5) is 0 Å². The molecule has 0 spiro atoms. The molecule has 17 heavy (non-hydrogen) atoms. The molecule has 2 aromatic heterocycles. The van der Waals surface area contributed by atoms with E-state index in [4.69, 9.17) is 5.11 Å². The van der Waals surface area contributed by atoms with Gasteiger partial charge in [-0.25, -0.2) is 4.98 Å². The van der Waals surface area contributed by atoms with E-state index >= 15 is 0 Å². The molecule has 0 radical (unpaired) electrons. The van der Waals surface area contributed by atoms with Gasteiger partial charge in [-0.3, -0.25) is 9.78 Å². The molecule has 0 unspecified atom stereocenters. The van der Waals surface area contributed by atoms with Gasteiger partial charge in [0, 0.05) is 30.1 Å². The van der Waals surface area contributed by atoms with Gasteiger partial charge in [0.1, 0.15) is 0 Å². The molecule has 2 heterocycles. The number of halogens is 1. The van der Waals surface area contributed by atoms with Crippen LogP contribution in [0, 0.1) is 0 Å². The third-order valence-electron chi connectivity index (χ3n) is 2.29. The summed E-state index contributed by atoms with van der Waals surface area (Å²) in [6.45, 7) is 0. The molecule has 0 amide bonds. The molecule has 0 fully saturated rings. The van der Waals surface area contributed by atoms with E-state index in [0.717, 1.165) is 17.0 Å². The van der Waals surface area contributed by atoms with E-state index in [2.05, 4.69) is 30.9 Å². The number of aliphatic carboxylic acids is 1. The molecule has 2 aromatic rings. The standard InChI is InChI=1S/C11H10BrN3O2/c12-11-14-8(1-2-9(16)17)10(15-11)7-3-5-13-6-4-7/h3-6H,1-2H2,(H,14,15)(H,16,17). The first-order chi connectivity index (χ1) is 8.16. The summed E-state index contributed by atoms with van der Waals surface area (Å²) in [5.74, 6) is -0.823. The van der Waals surface area contributed by atoms with Crippen LogP contribution in [0.5, 0.6) is 0 Å². The summed E-state index contributed by atoms with van der Waals surface area (Å²) in [4.78, 5) is 21.8. The van der Waals surface area contributed by atoms with Gasteiger partial charge in [0.05, 0.1) is 12.1 Å². The Kier molecular flexibility index (Phi) is 3.53. The van der Waals surface area contributed by atoms with Crippen LogP contribution in [-0.2, 0) is 11.2 Å². The topological polar surface area (TPSA) is 78.9 Å². The minimum Gasteiger partial charge on any atom is -0.481 e. The number of rotatable bonds is 4. The Balaban J connectivity index is 2.31. The van der Waals surface area contributed by atoms with Gasteiger partial charge in [0.15, 0.2) is 4.73 Å². The largest absolute Gasteiger partial charge is 0.481 e. The maximum absolute atomic E-state index is 10.6. The maximum atomic E-state index is 10.6. The quantitative estimate of drug-likeness (QED) is 0.907. The summed E-state index contributed by atoms with van der Waals surface area (Å²) >= 11 is 3.26. The van der Waals surface area contributed by atoms with Crippen LogP contribution in [0.3, 0.4) is 0 Å². The minimum atomic E-state index is -0.823. The second kappa shape index (κ2) is 5.09. The number of aryl methyl sites for hydroxylation is 1. The molecule has 0 saturated carbocycles. The monoisotopic (exact) mass is 295 g/mol. The van der Waals surface area contributed by atoms with Crippen molar-refractivity contribution >= 4 is 21.9 Å². The predicted molar refractivity (Wildman–Crippen MR) is 65.5 cm³/mol. The molecule has 0 aliphatic carbocycles. The minimum absolute atomic E-state index is 0.0761. The Labute approximate surface area is 106 Å². The fourth-order valence-electron chi connectivity index (χ4n) is 1.54. The Morgan fingerprint density at radius 3 is 2.76 bits per heavy atom. The number of nitrogens with one attached hydrogen (secondary N) is 1. The van der Waals surface area contributed by atoms with Crippen molar-refractivity contribution in [3.8, 4) is 11.3 Å². The van der Waals surface area contributed by atoms with Crippen molar-refractivity contribution in [3.63, 3.8) is 0 Å². The highest BCUT2D eigenvalue weighted by atomic mass is 79.9. The number of carboxylic acids is 1. The van der Waals surface area contributed by atoms with Crippen LogP contribution in [0.2, 0.25) is 0 Å². The van der Waals surface area contributed by atoms with Gasteiger partial charge in [0.25, 0.3) is 0 Å². The first kappa shape index (κ1) is 11.8. The zero-order valence-electron chi connectivity index (χ0n) is 8.85. The lowest BCUT2D eigenvalue weighted by Gasteiger charge is -2.00. The van der Waals surface area contributed by atoms with Crippen molar-refractivity contribution < 1.29 is 9.90 Å². The van der Waals surface area contributed by atoms with Crippen LogP contribution in [0.15, 0.2) is 29.3 Å². The molecule has 5 nitrogen and oxygen atoms in total. The van der Waals surface area contributed by atoms with Crippen molar-refractivity contribution in [1.82, 2.24) is 15.0 Å². The normalized spacial score (nSPS) is 10.4. The average Bonchev–Trinajstić information content (AvgIpc) is 2.69. The Morgan fingerprint density at radius 2 is 2.12 bits per heavy atom. The van der Waals surface area contributed by atoms with Crippen LogP contribution < -0.4 is 0 Å². The number of carbonyl (C=O) groups is 1. The third kappa shape index (κ3) is 2.91. The van der Waals surface area contributed by atoms with Crippen LogP contribution >= 0.6 is 15.9 Å². The lowest BCUT2D eigenvalue weighted by Crippen LogP contribution is -1.99. The SMILES string of the molecule is O=C(O)CCc1[nH]c(Br)nc1-c1ccncc1. The van der Waals surface area contributed by atoms with Crippen molar-refractivity contribution in [3.05, 3.63) is 35.0 Å². The molecule has 0 aliphatic rings. The number of hydrogen-bond acceptors (Lipinski definition) is 3. The summed E-state index contributed by atoms with van der Waals surface area (Å²) in [5, 5.41) is 8.69. The zero-order chi connectivity index (χ0) is 12.3. The maximum Gasteiger partial charge on any atom is 0.303 e. The van der Waals surface area contributed by atoms with Crippen LogP contribution in [-0.4, -0.2) is 26.0 Å². The summed E-state index contributed by atoms with van der Waals surface area (Å²) in [7, 11) is 0.